The molecule has 3 N–H and O–H groups in total. The average Bonchev–Trinajstić information content (AvgIpc) is 2.49. The maximum absolute atomic E-state index is 10.8. The molecule has 0 amide bonds. The van der Waals surface area contributed by atoms with Crippen molar-refractivity contribution < 1.29 is 15.0 Å². The minimum atomic E-state index is -0.897. The molecular formula is C16H23NO3. The molecule has 1 fully saturated rings. The van der Waals surface area contributed by atoms with E-state index >= 15 is 0 Å². The number of aliphatic hydroxyl groups is 1. The Bertz CT molecular complexity index is 436. The monoisotopic (exact) mass is 277 g/mol. The van der Waals surface area contributed by atoms with E-state index in [1.54, 1.807) is 12.1 Å². The molecule has 4 heteroatoms. The number of rotatable bonds is 6. The van der Waals surface area contributed by atoms with Gasteiger partial charge in [-0.2, -0.15) is 0 Å². The van der Waals surface area contributed by atoms with Crippen molar-refractivity contribution in [2.24, 2.45) is 5.41 Å². The van der Waals surface area contributed by atoms with Gasteiger partial charge >= 0.3 is 5.97 Å². The zero-order valence-corrected chi connectivity index (χ0v) is 11.8. The van der Waals surface area contributed by atoms with Crippen LogP contribution in [0.5, 0.6) is 0 Å². The summed E-state index contributed by atoms with van der Waals surface area (Å²) in [6.45, 7) is 1.78. The molecule has 1 aliphatic rings. The molecule has 1 aromatic rings. The number of aromatic carboxylic acids is 1. The smallest absolute Gasteiger partial charge is 0.335 e. The Morgan fingerprint density at radius 1 is 1.15 bits per heavy atom. The molecule has 1 saturated carbocycles. The number of aliphatic hydroxyl groups excluding tert-OH is 1. The molecule has 0 radical (unpaired) electrons. The zero-order chi connectivity index (χ0) is 14.4. The van der Waals surface area contributed by atoms with Crippen molar-refractivity contribution in [1.29, 1.82) is 0 Å². The van der Waals surface area contributed by atoms with Gasteiger partial charge in [0.05, 0.1) is 5.56 Å². The fourth-order valence-corrected chi connectivity index (χ4v) is 2.93. The van der Waals surface area contributed by atoms with Gasteiger partial charge in [-0.05, 0) is 30.5 Å². The fourth-order valence-electron chi connectivity index (χ4n) is 2.93. The van der Waals surface area contributed by atoms with E-state index in [4.69, 9.17) is 5.11 Å². The van der Waals surface area contributed by atoms with Crippen LogP contribution >= 0.6 is 0 Å². The predicted octanol–water partition coefficient (Wildman–Crippen LogP) is 2.42. The van der Waals surface area contributed by atoms with E-state index in [0.717, 1.165) is 24.9 Å². The van der Waals surface area contributed by atoms with E-state index in [1.165, 1.54) is 19.3 Å². The van der Waals surface area contributed by atoms with E-state index in [2.05, 4.69) is 5.32 Å². The van der Waals surface area contributed by atoms with Crippen molar-refractivity contribution in [3.05, 3.63) is 35.4 Å². The molecule has 2 rings (SSSR count). The van der Waals surface area contributed by atoms with Crippen LogP contribution in [0.2, 0.25) is 0 Å². The summed E-state index contributed by atoms with van der Waals surface area (Å²) in [5.41, 5.74) is 1.42. The Morgan fingerprint density at radius 2 is 1.80 bits per heavy atom. The van der Waals surface area contributed by atoms with E-state index in [1.807, 2.05) is 12.1 Å². The number of nitrogens with one attached hydrogen (secondary N) is 1. The highest BCUT2D eigenvalue weighted by molar-refractivity contribution is 5.87. The molecule has 0 spiro atoms. The summed E-state index contributed by atoms with van der Waals surface area (Å²) in [5.74, 6) is -0.897. The van der Waals surface area contributed by atoms with Crippen molar-refractivity contribution in [3.63, 3.8) is 0 Å². The highest BCUT2D eigenvalue weighted by atomic mass is 16.4. The molecule has 4 nitrogen and oxygen atoms in total. The molecule has 110 valence electrons. The second kappa shape index (κ2) is 6.86. The van der Waals surface area contributed by atoms with Gasteiger partial charge in [0.2, 0.25) is 0 Å². The molecule has 0 aromatic heterocycles. The van der Waals surface area contributed by atoms with Gasteiger partial charge in [-0.3, -0.25) is 0 Å². The first-order valence-electron chi connectivity index (χ1n) is 7.29. The standard InChI is InChI=1S/C16H23NO3/c18-12-16(8-2-1-3-9-16)11-17-10-13-4-6-14(7-5-13)15(19)20/h4-7,17-18H,1-3,8-12H2,(H,19,20). The minimum Gasteiger partial charge on any atom is -0.478 e. The van der Waals surface area contributed by atoms with Crippen LogP contribution in [0.1, 0.15) is 48.0 Å². The Labute approximate surface area is 119 Å². The number of benzene rings is 1. The molecule has 1 aliphatic carbocycles. The van der Waals surface area contributed by atoms with Crippen LogP contribution < -0.4 is 5.32 Å². The first-order valence-corrected chi connectivity index (χ1v) is 7.29. The summed E-state index contributed by atoms with van der Waals surface area (Å²) in [6, 6.07) is 6.93. The summed E-state index contributed by atoms with van der Waals surface area (Å²) in [6.07, 6.45) is 5.87. The van der Waals surface area contributed by atoms with Crippen molar-refractivity contribution in [2.45, 2.75) is 38.6 Å². The normalized spacial score (nSPS) is 17.9. The predicted molar refractivity (Wildman–Crippen MR) is 77.7 cm³/mol. The lowest BCUT2D eigenvalue weighted by molar-refractivity contribution is 0.0697. The molecule has 0 bridgehead atoms. The van der Waals surface area contributed by atoms with Gasteiger partial charge in [-0.1, -0.05) is 31.4 Å². The lowest BCUT2D eigenvalue weighted by atomic mass is 9.74. The van der Waals surface area contributed by atoms with E-state index in [0.29, 0.717) is 12.1 Å². The lowest BCUT2D eigenvalue weighted by Crippen LogP contribution is -2.38. The molecule has 1 aromatic carbocycles. The van der Waals surface area contributed by atoms with E-state index < -0.39 is 5.97 Å². The number of hydrogen-bond acceptors (Lipinski definition) is 3. The van der Waals surface area contributed by atoms with Crippen molar-refractivity contribution >= 4 is 5.97 Å². The highest BCUT2D eigenvalue weighted by Crippen LogP contribution is 2.35. The molecule has 0 unspecified atom stereocenters. The quantitative estimate of drug-likeness (QED) is 0.747. The third-order valence-corrected chi connectivity index (χ3v) is 4.28. The largest absolute Gasteiger partial charge is 0.478 e. The maximum Gasteiger partial charge on any atom is 0.335 e. The summed E-state index contributed by atoms with van der Waals surface area (Å²) < 4.78 is 0. The Morgan fingerprint density at radius 3 is 2.35 bits per heavy atom. The van der Waals surface area contributed by atoms with Crippen LogP contribution in [0.4, 0.5) is 0 Å². The van der Waals surface area contributed by atoms with Gasteiger partial charge in [-0.25, -0.2) is 4.79 Å². The fraction of sp³-hybridized carbons (Fsp3) is 0.562. The first kappa shape index (κ1) is 15.0. The molecule has 0 saturated heterocycles. The number of carboxylic acids is 1. The lowest BCUT2D eigenvalue weighted by Gasteiger charge is -2.35. The van der Waals surface area contributed by atoms with Crippen LogP contribution in [0, 0.1) is 5.41 Å². The van der Waals surface area contributed by atoms with Crippen LogP contribution in [0.3, 0.4) is 0 Å². The maximum atomic E-state index is 10.8. The molecule has 20 heavy (non-hydrogen) atoms. The third-order valence-electron chi connectivity index (χ3n) is 4.28. The number of carboxylic acid groups (broad SMARTS) is 1. The van der Waals surface area contributed by atoms with Gasteiger partial charge in [0.15, 0.2) is 0 Å². The van der Waals surface area contributed by atoms with Crippen LogP contribution in [-0.4, -0.2) is 29.3 Å². The van der Waals surface area contributed by atoms with Gasteiger partial charge < -0.3 is 15.5 Å². The Kier molecular flexibility index (Phi) is 5.15. The Hall–Kier alpha value is -1.39. The summed E-state index contributed by atoms with van der Waals surface area (Å²) in [7, 11) is 0. The van der Waals surface area contributed by atoms with Crippen LogP contribution in [-0.2, 0) is 6.54 Å². The van der Waals surface area contributed by atoms with Crippen molar-refractivity contribution in [1.82, 2.24) is 5.32 Å². The number of hydrogen-bond donors (Lipinski definition) is 3. The van der Waals surface area contributed by atoms with Gasteiger partial charge in [0, 0.05) is 25.1 Å². The molecule has 0 atom stereocenters. The third kappa shape index (κ3) is 3.81. The van der Waals surface area contributed by atoms with Crippen LogP contribution in [0.25, 0.3) is 0 Å². The van der Waals surface area contributed by atoms with Gasteiger partial charge in [0.1, 0.15) is 0 Å². The van der Waals surface area contributed by atoms with Crippen molar-refractivity contribution in [2.75, 3.05) is 13.2 Å². The van der Waals surface area contributed by atoms with E-state index in [9.17, 15) is 9.90 Å². The SMILES string of the molecule is O=C(O)c1ccc(CNCC2(CO)CCCCC2)cc1. The summed E-state index contributed by atoms with van der Waals surface area (Å²) in [5, 5.41) is 21.9. The highest BCUT2D eigenvalue weighted by Gasteiger charge is 2.30. The molecule has 0 aliphatic heterocycles. The second-order valence-electron chi connectivity index (χ2n) is 5.82. The Balaban J connectivity index is 1.84. The minimum absolute atomic E-state index is 0.0409. The summed E-state index contributed by atoms with van der Waals surface area (Å²) >= 11 is 0. The van der Waals surface area contributed by atoms with Crippen LogP contribution in [0.15, 0.2) is 24.3 Å². The molecular weight excluding hydrogens is 254 g/mol. The van der Waals surface area contributed by atoms with E-state index in [-0.39, 0.29) is 12.0 Å². The topological polar surface area (TPSA) is 69.6 Å². The average molecular weight is 277 g/mol. The zero-order valence-electron chi connectivity index (χ0n) is 11.8. The summed E-state index contributed by atoms with van der Waals surface area (Å²) in [4.78, 5) is 10.8. The number of carbonyl (C=O) groups is 1. The second-order valence-corrected chi connectivity index (χ2v) is 5.82. The first-order chi connectivity index (χ1) is 9.65. The molecule has 0 heterocycles. The van der Waals surface area contributed by atoms with Gasteiger partial charge in [-0.15, -0.1) is 0 Å². The van der Waals surface area contributed by atoms with Crippen molar-refractivity contribution in [3.8, 4) is 0 Å². The van der Waals surface area contributed by atoms with Gasteiger partial charge in [0.25, 0.3) is 0 Å².